The third kappa shape index (κ3) is 5.24. The van der Waals surface area contributed by atoms with Crippen LogP contribution in [-0.4, -0.2) is 42.3 Å². The fourth-order valence-electron chi connectivity index (χ4n) is 5.76. The van der Waals surface area contributed by atoms with Crippen LogP contribution in [0.25, 0.3) is 0 Å². The van der Waals surface area contributed by atoms with Gasteiger partial charge in [-0.15, -0.1) is 0 Å². The van der Waals surface area contributed by atoms with Crippen molar-refractivity contribution in [2.24, 2.45) is 17.6 Å². The van der Waals surface area contributed by atoms with Crippen molar-refractivity contribution in [3.8, 4) is 0 Å². The summed E-state index contributed by atoms with van der Waals surface area (Å²) in [7, 11) is 1.86. The zero-order chi connectivity index (χ0) is 19.3. The molecule has 0 spiro atoms. The first-order valence-electron chi connectivity index (χ1n) is 11.6. The number of likely N-dealkylation sites (N-methyl/N-ethyl adjacent to an activating group) is 1. The van der Waals surface area contributed by atoms with Gasteiger partial charge in [-0.05, 0) is 56.9 Å². The average molecular weight is 379 g/mol. The van der Waals surface area contributed by atoms with Gasteiger partial charge in [0.2, 0.25) is 5.91 Å². The van der Waals surface area contributed by atoms with Crippen LogP contribution in [-0.2, 0) is 4.79 Å². The van der Waals surface area contributed by atoms with E-state index in [0.717, 1.165) is 25.3 Å². The summed E-state index contributed by atoms with van der Waals surface area (Å²) in [5.41, 5.74) is 5.81. The normalized spacial score (nSPS) is 35.7. The summed E-state index contributed by atoms with van der Waals surface area (Å²) < 4.78 is 0. The van der Waals surface area contributed by atoms with Gasteiger partial charge in [-0.2, -0.15) is 0 Å². The molecule has 0 aromatic rings. The summed E-state index contributed by atoms with van der Waals surface area (Å²) in [5, 5.41) is 7.26. The molecule has 0 radical (unpaired) electrons. The molecule has 156 valence electrons. The Balaban J connectivity index is 1.64. The maximum atomic E-state index is 13.2. The van der Waals surface area contributed by atoms with E-state index in [1.54, 1.807) is 4.90 Å². The van der Waals surface area contributed by atoms with E-state index < -0.39 is 5.54 Å². The highest BCUT2D eigenvalue weighted by atomic mass is 16.2. The van der Waals surface area contributed by atoms with Gasteiger partial charge in [0.05, 0.1) is 0 Å². The molecule has 0 aromatic heterocycles. The highest BCUT2D eigenvalue weighted by Gasteiger charge is 2.49. The van der Waals surface area contributed by atoms with Gasteiger partial charge < -0.3 is 10.2 Å². The molecule has 3 fully saturated rings. The zero-order valence-corrected chi connectivity index (χ0v) is 17.6. The molecule has 4 atom stereocenters. The predicted molar refractivity (Wildman–Crippen MR) is 111 cm³/mol. The SMILES string of the molecule is CCCN[C@@H]1CCC[C@H](C[C@@]2(CCC3CCCCC3)NC(N)N(C)C2=O)C1. The Kier molecular flexibility index (Phi) is 7.57. The summed E-state index contributed by atoms with van der Waals surface area (Å²) in [6, 6.07) is 0.627. The van der Waals surface area contributed by atoms with E-state index in [9.17, 15) is 4.79 Å². The minimum Gasteiger partial charge on any atom is -0.316 e. The lowest BCUT2D eigenvalue weighted by Gasteiger charge is -2.37. The number of carbonyl (C=O) groups is 1. The van der Waals surface area contributed by atoms with Crippen LogP contribution in [0.4, 0.5) is 0 Å². The van der Waals surface area contributed by atoms with Crippen molar-refractivity contribution < 1.29 is 4.79 Å². The molecule has 1 heterocycles. The second kappa shape index (κ2) is 9.71. The summed E-state index contributed by atoms with van der Waals surface area (Å²) in [6.45, 7) is 3.33. The highest BCUT2D eigenvalue weighted by molar-refractivity contribution is 5.88. The van der Waals surface area contributed by atoms with Gasteiger partial charge in [0, 0.05) is 13.1 Å². The number of hydrogen-bond acceptors (Lipinski definition) is 4. The molecular weight excluding hydrogens is 336 g/mol. The molecule has 5 nitrogen and oxygen atoms in total. The molecule has 3 aliphatic rings. The van der Waals surface area contributed by atoms with Crippen LogP contribution < -0.4 is 16.4 Å². The lowest BCUT2D eigenvalue weighted by Crippen LogP contribution is -2.51. The number of nitrogens with one attached hydrogen (secondary N) is 2. The topological polar surface area (TPSA) is 70.4 Å². The molecule has 1 aliphatic heterocycles. The third-order valence-corrected chi connectivity index (χ3v) is 7.38. The summed E-state index contributed by atoms with van der Waals surface area (Å²) in [4.78, 5) is 14.9. The van der Waals surface area contributed by atoms with Crippen molar-refractivity contribution in [2.75, 3.05) is 13.6 Å². The van der Waals surface area contributed by atoms with Crippen molar-refractivity contribution in [1.29, 1.82) is 0 Å². The largest absolute Gasteiger partial charge is 0.316 e. The number of amides is 1. The molecule has 2 aliphatic carbocycles. The number of rotatable bonds is 8. The summed E-state index contributed by atoms with van der Waals surface area (Å²) in [5.74, 6) is 1.65. The van der Waals surface area contributed by atoms with Crippen LogP contribution in [0.3, 0.4) is 0 Å². The maximum absolute atomic E-state index is 13.2. The van der Waals surface area contributed by atoms with Crippen molar-refractivity contribution in [2.45, 2.75) is 108 Å². The minimum absolute atomic E-state index is 0.231. The van der Waals surface area contributed by atoms with Crippen LogP contribution in [0.1, 0.15) is 90.4 Å². The maximum Gasteiger partial charge on any atom is 0.244 e. The average Bonchev–Trinajstić information content (AvgIpc) is 2.90. The van der Waals surface area contributed by atoms with E-state index in [0.29, 0.717) is 12.0 Å². The van der Waals surface area contributed by atoms with Crippen LogP contribution >= 0.6 is 0 Å². The monoisotopic (exact) mass is 378 g/mol. The van der Waals surface area contributed by atoms with E-state index in [-0.39, 0.29) is 12.2 Å². The van der Waals surface area contributed by atoms with Gasteiger partial charge in [0.1, 0.15) is 11.8 Å². The van der Waals surface area contributed by atoms with Gasteiger partial charge in [-0.3, -0.25) is 15.8 Å². The molecule has 27 heavy (non-hydrogen) atoms. The Morgan fingerprint density at radius 2 is 1.89 bits per heavy atom. The van der Waals surface area contributed by atoms with Crippen molar-refractivity contribution in [1.82, 2.24) is 15.5 Å². The lowest BCUT2D eigenvalue weighted by molar-refractivity contribution is -0.133. The minimum atomic E-state index is -0.428. The molecule has 5 heteroatoms. The van der Waals surface area contributed by atoms with Crippen molar-refractivity contribution in [3.63, 3.8) is 0 Å². The van der Waals surface area contributed by atoms with Gasteiger partial charge in [-0.1, -0.05) is 51.9 Å². The fraction of sp³-hybridized carbons (Fsp3) is 0.955. The Morgan fingerprint density at radius 3 is 2.56 bits per heavy atom. The predicted octanol–water partition coefficient (Wildman–Crippen LogP) is 3.34. The third-order valence-electron chi connectivity index (χ3n) is 7.38. The quantitative estimate of drug-likeness (QED) is 0.606. The van der Waals surface area contributed by atoms with Crippen LogP contribution in [0.15, 0.2) is 0 Å². The number of nitrogens with zero attached hydrogens (tertiary/aromatic N) is 1. The number of nitrogens with two attached hydrogens (primary N) is 1. The van der Waals surface area contributed by atoms with E-state index in [4.69, 9.17) is 5.73 Å². The molecule has 3 rings (SSSR count). The Labute approximate surface area is 166 Å². The Bertz CT molecular complexity index is 479. The Morgan fingerprint density at radius 1 is 1.15 bits per heavy atom. The second-order valence-corrected chi connectivity index (χ2v) is 9.52. The smallest absolute Gasteiger partial charge is 0.244 e. The standard InChI is InChI=1S/C22H42N4O/c1-3-14-24-19-11-7-10-18(15-19)16-22(20(27)26(2)21(23)25-22)13-12-17-8-5-4-6-9-17/h17-19,21,24-25H,3-16,23H2,1-2H3/t18-,19+,21?,22+/m0/s1. The Hall–Kier alpha value is -0.650. The molecular formula is C22H42N4O. The molecule has 1 unspecified atom stereocenters. The molecule has 1 saturated heterocycles. The molecule has 1 amide bonds. The lowest BCUT2D eigenvalue weighted by atomic mass is 9.74. The summed E-state index contributed by atoms with van der Waals surface area (Å²) in [6.07, 6.45) is 15.8. The molecule has 2 saturated carbocycles. The van der Waals surface area contributed by atoms with Gasteiger partial charge in [0.25, 0.3) is 0 Å². The van der Waals surface area contributed by atoms with Crippen molar-refractivity contribution in [3.05, 3.63) is 0 Å². The first kappa shape index (κ1) is 21.1. The first-order chi connectivity index (χ1) is 13.0. The van der Waals surface area contributed by atoms with Crippen LogP contribution in [0.2, 0.25) is 0 Å². The number of carbonyl (C=O) groups excluding carboxylic acids is 1. The highest BCUT2D eigenvalue weighted by Crippen LogP contribution is 2.38. The van der Waals surface area contributed by atoms with Gasteiger partial charge in [0.15, 0.2) is 0 Å². The number of hydrogen-bond donors (Lipinski definition) is 3. The van der Waals surface area contributed by atoms with Crippen LogP contribution in [0, 0.1) is 11.8 Å². The molecule has 0 bridgehead atoms. The van der Waals surface area contributed by atoms with Crippen LogP contribution in [0.5, 0.6) is 0 Å². The van der Waals surface area contributed by atoms with E-state index in [2.05, 4.69) is 17.6 Å². The fourth-order valence-corrected chi connectivity index (χ4v) is 5.76. The van der Waals surface area contributed by atoms with E-state index in [1.165, 1.54) is 70.6 Å². The van der Waals surface area contributed by atoms with Gasteiger partial charge >= 0.3 is 0 Å². The van der Waals surface area contributed by atoms with Gasteiger partial charge in [-0.25, -0.2) is 0 Å². The first-order valence-corrected chi connectivity index (χ1v) is 11.6. The van der Waals surface area contributed by atoms with Crippen molar-refractivity contribution >= 4 is 5.91 Å². The van der Waals surface area contributed by atoms with E-state index in [1.807, 2.05) is 7.05 Å². The molecule has 0 aromatic carbocycles. The van der Waals surface area contributed by atoms with E-state index >= 15 is 0 Å². The zero-order valence-electron chi connectivity index (χ0n) is 17.6. The summed E-state index contributed by atoms with van der Waals surface area (Å²) >= 11 is 0. The molecule has 4 N–H and O–H groups in total. The second-order valence-electron chi connectivity index (χ2n) is 9.52.